The van der Waals surface area contributed by atoms with Crippen LogP contribution in [0.5, 0.6) is 0 Å². The van der Waals surface area contributed by atoms with Crippen LogP contribution in [0.25, 0.3) is 0 Å². The van der Waals surface area contributed by atoms with Gasteiger partial charge in [-0.1, -0.05) is 60.5 Å². The highest BCUT2D eigenvalue weighted by Gasteiger charge is 2.24. The van der Waals surface area contributed by atoms with E-state index in [2.05, 4.69) is 59.7 Å². The summed E-state index contributed by atoms with van der Waals surface area (Å²) >= 11 is 0. The maximum atomic E-state index is 2.37. The Balaban J connectivity index is 2.38. The molecule has 1 atom stereocenters. The normalized spacial score (nSPS) is 19.2. The number of aryl methyl sites for hydroxylation is 1. The van der Waals surface area contributed by atoms with Gasteiger partial charge in [-0.2, -0.15) is 0 Å². The predicted octanol–water partition coefficient (Wildman–Crippen LogP) is 4.40. The molecule has 1 aliphatic rings. The minimum absolute atomic E-state index is 0.628. The fourth-order valence-corrected chi connectivity index (χ4v) is 4.98. The van der Waals surface area contributed by atoms with E-state index in [1.807, 2.05) is 0 Å². The van der Waals surface area contributed by atoms with E-state index in [0.29, 0.717) is 5.92 Å². The third-order valence-electron chi connectivity index (χ3n) is 4.92. The molecule has 0 N–H and O–H groups in total. The summed E-state index contributed by atoms with van der Waals surface area (Å²) in [5, 5.41) is 3.22. The summed E-state index contributed by atoms with van der Waals surface area (Å²) in [6, 6.07) is 6.87. The molecular formula is C19H26Si. The number of benzene rings is 1. The van der Waals surface area contributed by atoms with Gasteiger partial charge in [0, 0.05) is 0 Å². The van der Waals surface area contributed by atoms with Gasteiger partial charge < -0.3 is 0 Å². The second-order valence-corrected chi connectivity index (χ2v) is 7.17. The van der Waals surface area contributed by atoms with Crippen LogP contribution in [0, 0.1) is 5.92 Å². The summed E-state index contributed by atoms with van der Waals surface area (Å²) in [6.07, 6.45) is 2.30. The first-order valence-electron chi connectivity index (χ1n) is 7.77. The van der Waals surface area contributed by atoms with Crippen molar-refractivity contribution in [3.8, 4) is 0 Å². The molecule has 1 aliphatic carbocycles. The van der Waals surface area contributed by atoms with Crippen LogP contribution in [0.15, 0.2) is 40.1 Å². The first-order valence-corrected chi connectivity index (χ1v) is 8.77. The summed E-state index contributed by atoms with van der Waals surface area (Å²) in [5.74, 6) is 0.628. The van der Waals surface area contributed by atoms with Crippen molar-refractivity contribution in [2.75, 3.05) is 0 Å². The van der Waals surface area contributed by atoms with Crippen LogP contribution in [-0.2, 0) is 12.8 Å². The zero-order valence-corrected chi connectivity index (χ0v) is 14.7. The van der Waals surface area contributed by atoms with Crippen LogP contribution in [0.1, 0.15) is 52.7 Å². The van der Waals surface area contributed by atoms with E-state index in [9.17, 15) is 0 Å². The van der Waals surface area contributed by atoms with Gasteiger partial charge in [0.05, 0.1) is 0 Å². The van der Waals surface area contributed by atoms with Gasteiger partial charge >= 0.3 is 0 Å². The summed E-state index contributed by atoms with van der Waals surface area (Å²) in [5.41, 5.74) is 7.74. The predicted molar refractivity (Wildman–Crippen MR) is 90.8 cm³/mol. The molecule has 2 rings (SSSR count). The summed E-state index contributed by atoms with van der Waals surface area (Å²) < 4.78 is 0. The second-order valence-electron chi connectivity index (χ2n) is 5.84. The van der Waals surface area contributed by atoms with E-state index in [-0.39, 0.29) is 0 Å². The van der Waals surface area contributed by atoms with Crippen molar-refractivity contribution in [3.63, 3.8) is 0 Å². The average Bonchev–Trinajstić information content (AvgIpc) is 2.64. The molecular weight excluding hydrogens is 256 g/mol. The summed E-state index contributed by atoms with van der Waals surface area (Å²) in [6.45, 7) is 13.8. The molecule has 0 fully saturated rings. The molecule has 20 heavy (non-hydrogen) atoms. The Labute approximate surface area is 126 Å². The highest BCUT2D eigenvalue weighted by molar-refractivity contribution is 6.62. The molecule has 1 aromatic carbocycles. The monoisotopic (exact) mass is 282 g/mol. The van der Waals surface area contributed by atoms with Gasteiger partial charge in [-0.05, 0) is 56.2 Å². The minimum atomic E-state index is 0.628. The van der Waals surface area contributed by atoms with Gasteiger partial charge in [0.1, 0.15) is 9.52 Å². The molecule has 106 valence electrons. The Morgan fingerprint density at radius 1 is 1.00 bits per heavy atom. The number of hydrogen-bond donors (Lipinski definition) is 0. The molecule has 0 aliphatic heterocycles. The van der Waals surface area contributed by atoms with E-state index < -0.39 is 0 Å². The maximum absolute atomic E-state index is 2.37. The molecule has 0 amide bonds. The van der Waals surface area contributed by atoms with E-state index in [1.54, 1.807) is 21.5 Å². The third kappa shape index (κ3) is 2.56. The topological polar surface area (TPSA) is 0 Å². The lowest BCUT2D eigenvalue weighted by Crippen LogP contribution is -2.25. The van der Waals surface area contributed by atoms with Crippen LogP contribution in [0.4, 0.5) is 0 Å². The molecule has 0 nitrogen and oxygen atoms in total. The lowest BCUT2D eigenvalue weighted by Gasteiger charge is -2.16. The van der Waals surface area contributed by atoms with Gasteiger partial charge in [0.25, 0.3) is 0 Å². The Kier molecular flexibility index (Phi) is 4.69. The molecule has 1 aromatic rings. The highest BCUT2D eigenvalue weighted by Crippen LogP contribution is 2.35. The van der Waals surface area contributed by atoms with Crippen molar-refractivity contribution in [1.82, 2.24) is 0 Å². The number of allylic oxidation sites excluding steroid dienone is 4. The van der Waals surface area contributed by atoms with Crippen LogP contribution < -0.4 is 5.19 Å². The average molecular weight is 283 g/mol. The Morgan fingerprint density at radius 2 is 1.70 bits per heavy atom. The summed E-state index contributed by atoms with van der Waals surface area (Å²) in [4.78, 5) is 0. The fourth-order valence-electron chi connectivity index (χ4n) is 3.21. The van der Waals surface area contributed by atoms with Crippen molar-refractivity contribution in [2.45, 2.75) is 54.4 Å². The molecule has 0 saturated carbocycles. The Hall–Kier alpha value is -1.08. The van der Waals surface area contributed by atoms with Gasteiger partial charge in [-0.3, -0.25) is 0 Å². The van der Waals surface area contributed by atoms with Crippen molar-refractivity contribution >= 4 is 14.7 Å². The smallest absolute Gasteiger partial charge is 0.0695 e. The SMILES string of the molecule is CCc1cccc([Si]C2=C(C)C(C)=C(C)C2C)c1CC. The maximum Gasteiger partial charge on any atom is 0.117 e. The second kappa shape index (κ2) is 6.13. The highest BCUT2D eigenvalue weighted by atomic mass is 28.2. The van der Waals surface area contributed by atoms with E-state index in [1.165, 1.54) is 16.7 Å². The molecule has 1 heteroatoms. The molecule has 0 saturated heterocycles. The van der Waals surface area contributed by atoms with Crippen LogP contribution in [0.3, 0.4) is 0 Å². The number of hydrogen-bond acceptors (Lipinski definition) is 0. The Morgan fingerprint density at radius 3 is 2.20 bits per heavy atom. The van der Waals surface area contributed by atoms with E-state index in [0.717, 1.165) is 22.4 Å². The van der Waals surface area contributed by atoms with Gasteiger partial charge in [-0.25, -0.2) is 0 Å². The van der Waals surface area contributed by atoms with Crippen LogP contribution >= 0.6 is 0 Å². The largest absolute Gasteiger partial charge is 0.117 e. The number of rotatable bonds is 4. The lowest BCUT2D eigenvalue weighted by atomic mass is 10.0. The van der Waals surface area contributed by atoms with Crippen LogP contribution in [0.2, 0.25) is 0 Å². The van der Waals surface area contributed by atoms with Crippen molar-refractivity contribution in [1.29, 1.82) is 0 Å². The quantitative estimate of drug-likeness (QED) is 0.718. The minimum Gasteiger partial charge on any atom is -0.0695 e. The molecule has 1 unspecified atom stereocenters. The van der Waals surface area contributed by atoms with Crippen molar-refractivity contribution in [3.05, 3.63) is 51.2 Å². The molecule has 0 bridgehead atoms. The summed E-state index contributed by atoms with van der Waals surface area (Å²) in [7, 11) is 0.834. The molecule has 0 spiro atoms. The van der Waals surface area contributed by atoms with Crippen molar-refractivity contribution in [2.24, 2.45) is 5.92 Å². The van der Waals surface area contributed by atoms with E-state index >= 15 is 0 Å². The first kappa shape index (κ1) is 15.3. The van der Waals surface area contributed by atoms with Gasteiger partial charge in [0.2, 0.25) is 0 Å². The molecule has 2 radical (unpaired) electrons. The molecule has 0 heterocycles. The zero-order valence-electron chi connectivity index (χ0n) is 13.7. The zero-order chi connectivity index (χ0) is 14.9. The lowest BCUT2D eigenvalue weighted by molar-refractivity contribution is 0.856. The van der Waals surface area contributed by atoms with Gasteiger partial charge in [0.15, 0.2) is 0 Å². The van der Waals surface area contributed by atoms with Crippen molar-refractivity contribution < 1.29 is 0 Å². The van der Waals surface area contributed by atoms with Gasteiger partial charge in [-0.15, -0.1) is 0 Å². The first-order chi connectivity index (χ1) is 9.51. The molecule has 0 aromatic heterocycles. The third-order valence-corrected chi connectivity index (χ3v) is 6.73. The standard InChI is InChI=1S/C19H26Si/c1-7-16-10-9-11-18(17(16)8-2)20-19-14(5)12(3)13(4)15(19)6/h9-11,14H,7-8H2,1-6H3. The fraction of sp³-hybridized carbons (Fsp3) is 0.474. The Bertz CT molecular complexity index is 575. The van der Waals surface area contributed by atoms with E-state index in [4.69, 9.17) is 0 Å². The van der Waals surface area contributed by atoms with Crippen LogP contribution in [-0.4, -0.2) is 9.52 Å².